The van der Waals surface area contributed by atoms with Gasteiger partial charge >= 0.3 is 6.09 Å². The van der Waals surface area contributed by atoms with Crippen LogP contribution in [0, 0.1) is 18.6 Å². The average molecular weight is 439 g/mol. The van der Waals surface area contributed by atoms with Crippen LogP contribution in [0.2, 0.25) is 0 Å². The van der Waals surface area contributed by atoms with Crippen LogP contribution in [0.4, 0.5) is 19.3 Å². The number of benzene rings is 2. The molecule has 2 aliphatic heterocycles. The lowest BCUT2D eigenvalue weighted by Gasteiger charge is -2.15. The van der Waals surface area contributed by atoms with E-state index in [0.29, 0.717) is 54.9 Å². The summed E-state index contributed by atoms with van der Waals surface area (Å²) in [6.07, 6.45) is -0.233. The Labute approximate surface area is 183 Å². The zero-order valence-electron chi connectivity index (χ0n) is 17.6. The van der Waals surface area contributed by atoms with Crippen LogP contribution in [-0.4, -0.2) is 36.4 Å². The molecule has 166 valence electrons. The van der Waals surface area contributed by atoms with Gasteiger partial charge in [0.05, 0.1) is 17.7 Å². The highest BCUT2D eigenvalue weighted by Crippen LogP contribution is 2.34. The standard InChI is InChI=1S/C24H23F2N3O3/c1-14-2-5-17(10-20(14)26)28-13-18(32-24(28)31)8-9-27-11-16-12-29-21(30)7-4-15-3-6-19(25)22(16)23(15)29/h2-7,10,16,18,27H,8-9,11-13H2,1H3/t16-,18+/m1/s1. The minimum atomic E-state index is -0.488. The monoisotopic (exact) mass is 439 g/mol. The lowest BCUT2D eigenvalue weighted by atomic mass is 9.99. The third-order valence-electron chi connectivity index (χ3n) is 6.32. The summed E-state index contributed by atoms with van der Waals surface area (Å²) in [7, 11) is 0. The summed E-state index contributed by atoms with van der Waals surface area (Å²) in [6.45, 7) is 3.52. The van der Waals surface area contributed by atoms with E-state index in [1.54, 1.807) is 35.8 Å². The normalized spacial score (nSPS) is 19.7. The topological polar surface area (TPSA) is 63.6 Å². The average Bonchev–Trinajstić information content (AvgIpc) is 3.34. The molecule has 0 bridgehead atoms. The van der Waals surface area contributed by atoms with Gasteiger partial charge in [0.1, 0.15) is 17.7 Å². The first-order valence-electron chi connectivity index (χ1n) is 10.7. The molecule has 3 heterocycles. The molecule has 3 aromatic rings. The molecule has 2 aromatic carbocycles. The van der Waals surface area contributed by atoms with Gasteiger partial charge in [0.25, 0.3) is 5.56 Å². The Hall–Kier alpha value is -3.26. The fourth-order valence-corrected chi connectivity index (χ4v) is 4.62. The van der Waals surface area contributed by atoms with Crippen LogP contribution in [0.3, 0.4) is 0 Å². The third-order valence-corrected chi connectivity index (χ3v) is 6.32. The summed E-state index contributed by atoms with van der Waals surface area (Å²) < 4.78 is 35.5. The van der Waals surface area contributed by atoms with E-state index in [9.17, 15) is 18.4 Å². The second-order valence-electron chi connectivity index (χ2n) is 8.42. The number of halogens is 2. The van der Waals surface area contributed by atoms with Gasteiger partial charge in [-0.15, -0.1) is 0 Å². The van der Waals surface area contributed by atoms with Gasteiger partial charge in [-0.2, -0.15) is 0 Å². The van der Waals surface area contributed by atoms with Gasteiger partial charge in [0.15, 0.2) is 0 Å². The maximum absolute atomic E-state index is 14.6. The number of aryl methyl sites for hydroxylation is 1. The van der Waals surface area contributed by atoms with Gasteiger partial charge in [0, 0.05) is 30.6 Å². The first kappa shape index (κ1) is 20.6. The Morgan fingerprint density at radius 3 is 2.69 bits per heavy atom. The molecule has 1 N–H and O–H groups in total. The first-order valence-corrected chi connectivity index (χ1v) is 10.7. The number of anilines is 1. The zero-order valence-corrected chi connectivity index (χ0v) is 17.6. The Balaban J connectivity index is 1.19. The summed E-state index contributed by atoms with van der Waals surface area (Å²) in [5, 5.41) is 4.17. The zero-order chi connectivity index (χ0) is 22.4. The van der Waals surface area contributed by atoms with E-state index < -0.39 is 6.09 Å². The van der Waals surface area contributed by atoms with Crippen LogP contribution in [0.1, 0.15) is 23.5 Å². The summed E-state index contributed by atoms with van der Waals surface area (Å²) in [4.78, 5) is 25.9. The highest BCUT2D eigenvalue weighted by atomic mass is 19.1. The molecule has 2 aliphatic rings. The van der Waals surface area contributed by atoms with Crippen molar-refractivity contribution in [3.05, 3.63) is 75.6 Å². The molecule has 32 heavy (non-hydrogen) atoms. The van der Waals surface area contributed by atoms with E-state index in [2.05, 4.69) is 5.32 Å². The molecular formula is C24H23F2N3O3. The summed E-state index contributed by atoms with van der Waals surface area (Å²) >= 11 is 0. The van der Waals surface area contributed by atoms with Crippen molar-refractivity contribution in [2.75, 3.05) is 24.5 Å². The number of amides is 1. The van der Waals surface area contributed by atoms with Crippen molar-refractivity contribution in [1.29, 1.82) is 0 Å². The summed E-state index contributed by atoms with van der Waals surface area (Å²) in [5.41, 5.74) is 2.12. The minimum Gasteiger partial charge on any atom is -0.444 e. The van der Waals surface area contributed by atoms with Gasteiger partial charge in [-0.3, -0.25) is 9.69 Å². The van der Waals surface area contributed by atoms with Crippen LogP contribution < -0.4 is 15.8 Å². The van der Waals surface area contributed by atoms with Crippen molar-refractivity contribution in [3.63, 3.8) is 0 Å². The van der Waals surface area contributed by atoms with Crippen molar-refractivity contribution in [2.45, 2.75) is 31.9 Å². The van der Waals surface area contributed by atoms with E-state index in [0.717, 1.165) is 5.39 Å². The molecular weight excluding hydrogens is 416 g/mol. The van der Waals surface area contributed by atoms with E-state index >= 15 is 0 Å². The molecule has 1 amide bonds. The quantitative estimate of drug-likeness (QED) is 0.595. The lowest BCUT2D eigenvalue weighted by molar-refractivity contribution is 0.136. The van der Waals surface area contributed by atoms with Gasteiger partial charge in [-0.05, 0) is 61.2 Å². The predicted octanol–water partition coefficient (Wildman–Crippen LogP) is 3.69. The fraction of sp³-hybridized carbons (Fsp3) is 0.333. The van der Waals surface area contributed by atoms with Crippen molar-refractivity contribution >= 4 is 22.7 Å². The number of hydrogen-bond donors (Lipinski definition) is 1. The van der Waals surface area contributed by atoms with Gasteiger partial charge in [0.2, 0.25) is 0 Å². The molecule has 0 radical (unpaired) electrons. The van der Waals surface area contributed by atoms with Crippen molar-refractivity contribution in [3.8, 4) is 0 Å². The Bertz CT molecular complexity index is 1270. The molecule has 6 nitrogen and oxygen atoms in total. The van der Waals surface area contributed by atoms with E-state index in [4.69, 9.17) is 4.74 Å². The second kappa shape index (κ2) is 8.02. The number of rotatable bonds is 6. The highest BCUT2D eigenvalue weighted by Gasteiger charge is 2.33. The van der Waals surface area contributed by atoms with Gasteiger partial charge in [-0.1, -0.05) is 6.07 Å². The predicted molar refractivity (Wildman–Crippen MR) is 117 cm³/mol. The number of carbonyl (C=O) groups is 1. The molecule has 1 saturated heterocycles. The molecule has 0 aliphatic carbocycles. The third kappa shape index (κ3) is 3.54. The van der Waals surface area contributed by atoms with Crippen molar-refractivity contribution in [2.24, 2.45) is 0 Å². The first-order chi connectivity index (χ1) is 15.4. The SMILES string of the molecule is Cc1ccc(N2C[C@H](CCNC[C@@H]3Cn4c(=O)ccc5ccc(F)c3c54)OC2=O)cc1F. The molecule has 5 rings (SSSR count). The van der Waals surface area contributed by atoms with Crippen LogP contribution in [-0.2, 0) is 11.3 Å². The Kier molecular flexibility index (Phi) is 5.17. The number of cyclic esters (lactones) is 1. The summed E-state index contributed by atoms with van der Waals surface area (Å²) in [6, 6.07) is 11.1. The van der Waals surface area contributed by atoms with E-state index in [1.165, 1.54) is 23.1 Å². The van der Waals surface area contributed by atoms with Crippen LogP contribution in [0.15, 0.2) is 47.3 Å². The molecule has 0 saturated carbocycles. The molecule has 1 fully saturated rings. The van der Waals surface area contributed by atoms with E-state index in [1.807, 2.05) is 0 Å². The molecule has 8 heteroatoms. The maximum atomic E-state index is 14.6. The molecule has 0 spiro atoms. The fourth-order valence-electron chi connectivity index (χ4n) is 4.62. The largest absolute Gasteiger partial charge is 0.444 e. The highest BCUT2D eigenvalue weighted by molar-refractivity contribution is 5.89. The number of aromatic nitrogens is 1. The number of hydrogen-bond acceptors (Lipinski definition) is 4. The van der Waals surface area contributed by atoms with Gasteiger partial charge < -0.3 is 14.6 Å². The number of pyridine rings is 1. The van der Waals surface area contributed by atoms with Gasteiger partial charge in [-0.25, -0.2) is 13.6 Å². The molecule has 1 aromatic heterocycles. The number of nitrogens with one attached hydrogen (secondary N) is 1. The lowest BCUT2D eigenvalue weighted by Crippen LogP contribution is -2.28. The van der Waals surface area contributed by atoms with Crippen LogP contribution >= 0.6 is 0 Å². The van der Waals surface area contributed by atoms with Crippen LogP contribution in [0.5, 0.6) is 0 Å². The second-order valence-corrected chi connectivity index (χ2v) is 8.42. The molecule has 0 unspecified atom stereocenters. The number of carbonyl (C=O) groups excluding carboxylic acids is 1. The minimum absolute atomic E-state index is 0.127. The van der Waals surface area contributed by atoms with Crippen LogP contribution in [0.25, 0.3) is 10.9 Å². The Morgan fingerprint density at radius 1 is 1.06 bits per heavy atom. The van der Waals surface area contributed by atoms with Crippen molar-refractivity contribution in [1.82, 2.24) is 9.88 Å². The molecule has 2 atom stereocenters. The van der Waals surface area contributed by atoms with Crippen molar-refractivity contribution < 1.29 is 18.3 Å². The summed E-state index contributed by atoms with van der Waals surface area (Å²) in [5.74, 6) is -0.807. The number of ether oxygens (including phenoxy) is 1. The Morgan fingerprint density at radius 2 is 1.88 bits per heavy atom. The maximum Gasteiger partial charge on any atom is 0.414 e. The smallest absolute Gasteiger partial charge is 0.414 e. The number of nitrogens with zero attached hydrogens (tertiary/aromatic N) is 2. The van der Waals surface area contributed by atoms with E-state index in [-0.39, 0.29) is 29.2 Å².